The number of hydrogen-bond acceptors (Lipinski definition) is 3. The van der Waals surface area contributed by atoms with Gasteiger partial charge in [0, 0.05) is 19.2 Å². The zero-order valence-corrected chi connectivity index (χ0v) is 8.74. The highest BCUT2D eigenvalue weighted by atomic mass is 79.9. The van der Waals surface area contributed by atoms with Crippen molar-refractivity contribution in [2.24, 2.45) is 0 Å². The van der Waals surface area contributed by atoms with Gasteiger partial charge in [-0.05, 0) is 15.9 Å². The Kier molecular flexibility index (Phi) is 2.97. The van der Waals surface area contributed by atoms with E-state index in [0.29, 0.717) is 13.2 Å². The molecule has 1 aliphatic heterocycles. The summed E-state index contributed by atoms with van der Waals surface area (Å²) in [5.74, 6) is 0. The van der Waals surface area contributed by atoms with E-state index >= 15 is 0 Å². The zero-order chi connectivity index (χ0) is 9.10. The first kappa shape index (κ1) is 9.18. The molecule has 0 unspecified atom stereocenters. The maximum atomic E-state index is 5.31. The largest absolute Gasteiger partial charge is 0.350 e. The Labute approximate surface area is 85.0 Å². The number of halogens is 1. The van der Waals surface area contributed by atoms with Crippen LogP contribution in [0.4, 0.5) is 0 Å². The van der Waals surface area contributed by atoms with Gasteiger partial charge in [-0.1, -0.05) is 0 Å². The number of nitrogens with zero attached hydrogens (tertiary/aromatic N) is 2. The van der Waals surface area contributed by atoms with E-state index in [1.807, 2.05) is 10.9 Å². The van der Waals surface area contributed by atoms with Gasteiger partial charge in [0.15, 0.2) is 6.29 Å². The quantitative estimate of drug-likeness (QED) is 0.810. The molecule has 0 aliphatic carbocycles. The summed E-state index contributed by atoms with van der Waals surface area (Å²) in [6, 6.07) is 0. The topological polar surface area (TPSA) is 36.3 Å². The van der Waals surface area contributed by atoms with E-state index in [-0.39, 0.29) is 6.29 Å². The fourth-order valence-electron chi connectivity index (χ4n) is 1.27. The standard InChI is InChI=1S/C8H11BrN2O2/c9-7-5-10-11(6-7)2-1-8-12-3-4-13-8/h5-6,8H,1-4H2. The molecule has 5 heteroatoms. The van der Waals surface area contributed by atoms with Crippen LogP contribution < -0.4 is 0 Å². The van der Waals surface area contributed by atoms with E-state index in [4.69, 9.17) is 9.47 Å². The molecule has 0 radical (unpaired) electrons. The number of rotatable bonds is 3. The Morgan fingerprint density at radius 3 is 2.92 bits per heavy atom. The van der Waals surface area contributed by atoms with Crippen molar-refractivity contribution >= 4 is 15.9 Å². The van der Waals surface area contributed by atoms with E-state index in [1.54, 1.807) is 6.20 Å². The summed E-state index contributed by atoms with van der Waals surface area (Å²) in [7, 11) is 0. The summed E-state index contributed by atoms with van der Waals surface area (Å²) < 4.78 is 13.5. The molecule has 2 rings (SSSR count). The van der Waals surface area contributed by atoms with Crippen molar-refractivity contribution in [3.63, 3.8) is 0 Å². The third-order valence-corrected chi connectivity index (χ3v) is 2.30. The first-order chi connectivity index (χ1) is 6.34. The van der Waals surface area contributed by atoms with Gasteiger partial charge in [0.2, 0.25) is 0 Å². The highest BCUT2D eigenvalue weighted by molar-refractivity contribution is 9.10. The SMILES string of the molecule is Brc1cnn(CCC2OCCO2)c1. The highest BCUT2D eigenvalue weighted by Crippen LogP contribution is 2.11. The average Bonchev–Trinajstić information content (AvgIpc) is 2.71. The predicted molar refractivity (Wildman–Crippen MR) is 50.2 cm³/mol. The molecule has 1 aliphatic rings. The van der Waals surface area contributed by atoms with Gasteiger partial charge >= 0.3 is 0 Å². The molecule has 0 saturated carbocycles. The lowest BCUT2D eigenvalue weighted by molar-refractivity contribution is -0.0495. The third-order valence-electron chi connectivity index (χ3n) is 1.89. The van der Waals surface area contributed by atoms with Gasteiger partial charge in [-0.15, -0.1) is 0 Å². The third kappa shape index (κ3) is 2.52. The number of hydrogen-bond donors (Lipinski definition) is 0. The van der Waals surface area contributed by atoms with Gasteiger partial charge in [-0.2, -0.15) is 5.10 Å². The predicted octanol–water partition coefficient (Wildman–Crippen LogP) is 1.41. The lowest BCUT2D eigenvalue weighted by Crippen LogP contribution is -2.12. The Balaban J connectivity index is 1.78. The van der Waals surface area contributed by atoms with Crippen molar-refractivity contribution in [1.82, 2.24) is 9.78 Å². The van der Waals surface area contributed by atoms with Crippen LogP contribution in [0, 0.1) is 0 Å². The molecule has 1 aromatic heterocycles. The first-order valence-electron chi connectivity index (χ1n) is 4.26. The van der Waals surface area contributed by atoms with Gasteiger partial charge in [0.25, 0.3) is 0 Å². The Morgan fingerprint density at radius 2 is 2.31 bits per heavy atom. The second-order valence-corrected chi connectivity index (χ2v) is 3.80. The van der Waals surface area contributed by atoms with Gasteiger partial charge in [0.05, 0.1) is 23.9 Å². The maximum Gasteiger partial charge on any atom is 0.159 e. The second-order valence-electron chi connectivity index (χ2n) is 2.88. The maximum absolute atomic E-state index is 5.31. The summed E-state index contributed by atoms with van der Waals surface area (Å²) in [6.07, 6.45) is 4.53. The fourth-order valence-corrected chi connectivity index (χ4v) is 1.60. The zero-order valence-electron chi connectivity index (χ0n) is 7.15. The molecular weight excluding hydrogens is 236 g/mol. The summed E-state index contributed by atoms with van der Waals surface area (Å²) in [5, 5.41) is 4.14. The van der Waals surface area contributed by atoms with Gasteiger partial charge in [0.1, 0.15) is 0 Å². The molecule has 0 aromatic carbocycles. The van der Waals surface area contributed by atoms with Gasteiger partial charge in [-0.25, -0.2) is 0 Å². The molecular formula is C8H11BrN2O2. The normalized spacial score (nSPS) is 18.2. The molecule has 0 amide bonds. The number of ether oxygens (including phenoxy) is 2. The minimum atomic E-state index is -0.0389. The van der Waals surface area contributed by atoms with E-state index in [1.165, 1.54) is 0 Å². The molecule has 1 aromatic rings. The average molecular weight is 247 g/mol. The molecule has 1 fully saturated rings. The van der Waals surface area contributed by atoms with Crippen molar-refractivity contribution in [1.29, 1.82) is 0 Å². The van der Waals surface area contributed by atoms with Gasteiger partial charge in [-0.3, -0.25) is 4.68 Å². The van der Waals surface area contributed by atoms with Crippen molar-refractivity contribution in [3.8, 4) is 0 Å². The first-order valence-corrected chi connectivity index (χ1v) is 5.05. The molecule has 13 heavy (non-hydrogen) atoms. The minimum absolute atomic E-state index is 0.0389. The van der Waals surface area contributed by atoms with E-state index in [0.717, 1.165) is 17.4 Å². The van der Waals surface area contributed by atoms with E-state index < -0.39 is 0 Å². The van der Waals surface area contributed by atoms with Crippen molar-refractivity contribution < 1.29 is 9.47 Å². The Hall–Kier alpha value is -0.390. The second kappa shape index (κ2) is 4.21. The van der Waals surface area contributed by atoms with E-state index in [2.05, 4.69) is 21.0 Å². The van der Waals surface area contributed by atoms with Crippen LogP contribution >= 0.6 is 15.9 Å². The van der Waals surface area contributed by atoms with Crippen LogP contribution in [-0.4, -0.2) is 29.3 Å². The molecule has 1 saturated heterocycles. The molecule has 0 N–H and O–H groups in total. The highest BCUT2D eigenvalue weighted by Gasteiger charge is 2.15. The molecule has 0 bridgehead atoms. The van der Waals surface area contributed by atoms with Crippen LogP contribution in [0.2, 0.25) is 0 Å². The van der Waals surface area contributed by atoms with Crippen molar-refractivity contribution in [3.05, 3.63) is 16.9 Å². The lowest BCUT2D eigenvalue weighted by atomic mass is 10.4. The van der Waals surface area contributed by atoms with Crippen LogP contribution in [0.25, 0.3) is 0 Å². The van der Waals surface area contributed by atoms with Crippen LogP contribution in [0.15, 0.2) is 16.9 Å². The summed E-state index contributed by atoms with van der Waals surface area (Å²) in [6.45, 7) is 2.26. The summed E-state index contributed by atoms with van der Waals surface area (Å²) >= 11 is 3.34. The van der Waals surface area contributed by atoms with Crippen LogP contribution in [-0.2, 0) is 16.0 Å². The van der Waals surface area contributed by atoms with Crippen molar-refractivity contribution in [2.75, 3.05) is 13.2 Å². The van der Waals surface area contributed by atoms with Crippen LogP contribution in [0.5, 0.6) is 0 Å². The number of aryl methyl sites for hydroxylation is 1. The monoisotopic (exact) mass is 246 g/mol. The molecule has 72 valence electrons. The van der Waals surface area contributed by atoms with Crippen LogP contribution in [0.1, 0.15) is 6.42 Å². The minimum Gasteiger partial charge on any atom is -0.350 e. The molecule has 4 nitrogen and oxygen atoms in total. The summed E-state index contributed by atoms with van der Waals surface area (Å²) in [4.78, 5) is 0. The Bertz CT molecular complexity index is 271. The van der Waals surface area contributed by atoms with E-state index in [9.17, 15) is 0 Å². The molecule has 0 spiro atoms. The molecule has 0 atom stereocenters. The fraction of sp³-hybridized carbons (Fsp3) is 0.625. The van der Waals surface area contributed by atoms with Crippen LogP contribution in [0.3, 0.4) is 0 Å². The number of aromatic nitrogens is 2. The Morgan fingerprint density at radius 1 is 1.54 bits per heavy atom. The van der Waals surface area contributed by atoms with Crippen molar-refractivity contribution in [2.45, 2.75) is 19.3 Å². The molecule has 2 heterocycles. The van der Waals surface area contributed by atoms with Gasteiger partial charge < -0.3 is 9.47 Å². The smallest absolute Gasteiger partial charge is 0.159 e. The summed E-state index contributed by atoms with van der Waals surface area (Å²) in [5.41, 5.74) is 0. The lowest BCUT2D eigenvalue weighted by Gasteiger charge is -2.07.